The number of ether oxygens (including phenoxy) is 1. The van der Waals surface area contributed by atoms with E-state index >= 15 is 0 Å². The molecule has 0 aliphatic heterocycles. The van der Waals surface area contributed by atoms with Crippen molar-refractivity contribution in [3.8, 4) is 0 Å². The van der Waals surface area contributed by atoms with E-state index in [9.17, 15) is 0 Å². The van der Waals surface area contributed by atoms with Gasteiger partial charge in [-0.25, -0.2) is 0 Å². The second kappa shape index (κ2) is 4.52. The fourth-order valence-electron chi connectivity index (χ4n) is 1.40. The Balaban J connectivity index is 2.27. The molecule has 0 N–H and O–H groups in total. The predicted octanol–water partition coefficient (Wildman–Crippen LogP) is 4.48. The molecular weight excluding hydrogens is 228 g/mol. The lowest BCUT2D eigenvalue weighted by molar-refractivity contribution is 0.0675. The van der Waals surface area contributed by atoms with E-state index in [0.29, 0.717) is 6.61 Å². The Morgan fingerprint density at radius 2 is 2.20 bits per heavy atom. The van der Waals surface area contributed by atoms with Gasteiger partial charge in [-0.2, -0.15) is 0 Å². The van der Waals surface area contributed by atoms with E-state index in [1.165, 1.54) is 10.3 Å². The summed E-state index contributed by atoms with van der Waals surface area (Å²) in [4.78, 5) is 1.23. The Labute approximate surface area is 98.6 Å². The van der Waals surface area contributed by atoms with E-state index in [-0.39, 0.29) is 6.10 Å². The normalized spacial score (nSPS) is 11.5. The average Bonchev–Trinajstić information content (AvgIpc) is 2.59. The lowest BCUT2D eigenvalue weighted by atomic mass is 10.2. The maximum Gasteiger partial charge on any atom is 0.0813 e. The van der Waals surface area contributed by atoms with Crippen LogP contribution in [0, 0.1) is 0 Å². The zero-order valence-corrected chi connectivity index (χ0v) is 10.4. The van der Waals surface area contributed by atoms with Crippen LogP contribution in [0.15, 0.2) is 24.3 Å². The fourth-order valence-corrected chi connectivity index (χ4v) is 2.68. The van der Waals surface area contributed by atoms with Crippen molar-refractivity contribution in [1.29, 1.82) is 0 Å². The summed E-state index contributed by atoms with van der Waals surface area (Å²) in [6.45, 7) is 4.76. The van der Waals surface area contributed by atoms with Crippen LogP contribution < -0.4 is 0 Å². The van der Waals surface area contributed by atoms with Gasteiger partial charge in [0.05, 0.1) is 22.4 Å². The Morgan fingerprint density at radius 1 is 1.40 bits per heavy atom. The van der Waals surface area contributed by atoms with Crippen LogP contribution in [0.2, 0.25) is 5.02 Å². The number of hydrogen-bond acceptors (Lipinski definition) is 2. The van der Waals surface area contributed by atoms with Crippen LogP contribution >= 0.6 is 22.9 Å². The van der Waals surface area contributed by atoms with Crippen LogP contribution in [0.4, 0.5) is 0 Å². The van der Waals surface area contributed by atoms with Crippen molar-refractivity contribution in [2.45, 2.75) is 26.6 Å². The zero-order valence-electron chi connectivity index (χ0n) is 8.79. The monoisotopic (exact) mass is 240 g/mol. The van der Waals surface area contributed by atoms with Gasteiger partial charge < -0.3 is 4.74 Å². The van der Waals surface area contributed by atoms with Crippen molar-refractivity contribution in [3.63, 3.8) is 0 Å². The van der Waals surface area contributed by atoms with Crippen molar-refractivity contribution in [1.82, 2.24) is 0 Å². The molecule has 3 heteroatoms. The molecule has 2 rings (SSSR count). The van der Waals surface area contributed by atoms with Gasteiger partial charge in [-0.3, -0.25) is 0 Å². The maximum absolute atomic E-state index is 6.10. The maximum atomic E-state index is 6.10. The molecule has 80 valence electrons. The lowest BCUT2D eigenvalue weighted by Crippen LogP contribution is -2.00. The van der Waals surface area contributed by atoms with E-state index in [2.05, 4.69) is 12.1 Å². The summed E-state index contributed by atoms with van der Waals surface area (Å²) in [5.74, 6) is 0. The average molecular weight is 241 g/mol. The second-order valence-corrected chi connectivity index (χ2v) is 5.27. The molecule has 1 nitrogen and oxygen atoms in total. The molecular formula is C12H13ClOS. The van der Waals surface area contributed by atoms with Crippen LogP contribution in [0.1, 0.15) is 18.7 Å². The van der Waals surface area contributed by atoms with Crippen LogP contribution in [0.3, 0.4) is 0 Å². The van der Waals surface area contributed by atoms with Gasteiger partial charge in [0.1, 0.15) is 0 Å². The predicted molar refractivity (Wildman–Crippen MR) is 66.8 cm³/mol. The van der Waals surface area contributed by atoms with Gasteiger partial charge >= 0.3 is 0 Å². The third kappa shape index (κ3) is 2.51. The molecule has 0 fully saturated rings. The molecule has 0 radical (unpaired) electrons. The molecule has 0 saturated heterocycles. The number of fused-ring (bicyclic) bond motifs is 1. The Hall–Kier alpha value is -0.570. The highest BCUT2D eigenvalue weighted by Gasteiger charge is 2.05. The SMILES string of the molecule is CC(C)OCc1cc2cccc(Cl)c2s1. The number of hydrogen-bond donors (Lipinski definition) is 0. The number of rotatable bonds is 3. The van der Waals surface area contributed by atoms with Gasteiger partial charge in [0.2, 0.25) is 0 Å². The quantitative estimate of drug-likeness (QED) is 0.769. The van der Waals surface area contributed by atoms with Gasteiger partial charge in [-0.1, -0.05) is 23.7 Å². The number of thiophene rings is 1. The number of halogens is 1. The van der Waals surface area contributed by atoms with E-state index in [0.717, 1.165) is 9.72 Å². The van der Waals surface area contributed by atoms with Gasteiger partial charge in [0, 0.05) is 4.88 Å². The first-order chi connectivity index (χ1) is 7.16. The minimum absolute atomic E-state index is 0.269. The molecule has 0 unspecified atom stereocenters. The Morgan fingerprint density at radius 3 is 2.87 bits per heavy atom. The topological polar surface area (TPSA) is 9.23 Å². The highest BCUT2D eigenvalue weighted by molar-refractivity contribution is 7.19. The summed E-state index contributed by atoms with van der Waals surface area (Å²) in [6.07, 6.45) is 0.269. The molecule has 0 aliphatic rings. The summed E-state index contributed by atoms with van der Waals surface area (Å²) in [7, 11) is 0. The molecule has 2 aromatic rings. The van der Waals surface area contributed by atoms with E-state index in [1.54, 1.807) is 11.3 Å². The largest absolute Gasteiger partial charge is 0.373 e. The first-order valence-electron chi connectivity index (χ1n) is 4.95. The standard InChI is InChI=1S/C12H13ClOS/c1-8(2)14-7-10-6-9-4-3-5-11(13)12(9)15-10/h3-6,8H,7H2,1-2H3. The van der Waals surface area contributed by atoms with Crippen molar-refractivity contribution in [2.24, 2.45) is 0 Å². The van der Waals surface area contributed by atoms with E-state index in [4.69, 9.17) is 16.3 Å². The molecule has 0 aliphatic carbocycles. The molecule has 0 amide bonds. The minimum Gasteiger partial charge on any atom is -0.373 e. The van der Waals surface area contributed by atoms with E-state index < -0.39 is 0 Å². The van der Waals surface area contributed by atoms with Gasteiger partial charge in [-0.15, -0.1) is 11.3 Å². The van der Waals surface area contributed by atoms with Gasteiger partial charge in [-0.05, 0) is 31.4 Å². The smallest absolute Gasteiger partial charge is 0.0813 e. The Kier molecular flexibility index (Phi) is 3.29. The Bertz CT molecular complexity index is 462. The van der Waals surface area contributed by atoms with Gasteiger partial charge in [0.15, 0.2) is 0 Å². The summed E-state index contributed by atoms with van der Waals surface area (Å²) < 4.78 is 6.72. The third-order valence-corrected chi connectivity index (χ3v) is 3.69. The lowest BCUT2D eigenvalue weighted by Gasteiger charge is -2.04. The summed E-state index contributed by atoms with van der Waals surface area (Å²) in [5, 5.41) is 2.03. The summed E-state index contributed by atoms with van der Waals surface area (Å²) >= 11 is 7.81. The molecule has 1 heterocycles. The van der Waals surface area contributed by atoms with E-state index in [1.807, 2.05) is 26.0 Å². The van der Waals surface area contributed by atoms with Gasteiger partial charge in [0.25, 0.3) is 0 Å². The summed E-state index contributed by atoms with van der Waals surface area (Å²) in [5.41, 5.74) is 0. The third-order valence-electron chi connectivity index (χ3n) is 2.11. The zero-order chi connectivity index (χ0) is 10.8. The molecule has 15 heavy (non-hydrogen) atoms. The van der Waals surface area contributed by atoms with Crippen LogP contribution in [0.5, 0.6) is 0 Å². The molecule has 0 bridgehead atoms. The highest BCUT2D eigenvalue weighted by atomic mass is 35.5. The fraction of sp³-hybridized carbons (Fsp3) is 0.333. The molecule has 0 saturated carbocycles. The number of benzene rings is 1. The van der Waals surface area contributed by atoms with Crippen molar-refractivity contribution < 1.29 is 4.74 Å². The molecule has 1 aromatic carbocycles. The minimum atomic E-state index is 0.269. The van der Waals surface area contributed by atoms with Crippen LogP contribution in [-0.4, -0.2) is 6.10 Å². The van der Waals surface area contributed by atoms with Crippen LogP contribution in [0.25, 0.3) is 10.1 Å². The summed E-state index contributed by atoms with van der Waals surface area (Å²) in [6, 6.07) is 8.13. The van der Waals surface area contributed by atoms with Crippen molar-refractivity contribution in [2.75, 3.05) is 0 Å². The van der Waals surface area contributed by atoms with Crippen molar-refractivity contribution in [3.05, 3.63) is 34.2 Å². The second-order valence-electron chi connectivity index (χ2n) is 3.73. The first-order valence-corrected chi connectivity index (χ1v) is 6.15. The molecule has 1 aromatic heterocycles. The highest BCUT2D eigenvalue weighted by Crippen LogP contribution is 2.32. The van der Waals surface area contributed by atoms with Crippen molar-refractivity contribution >= 4 is 33.0 Å². The molecule has 0 spiro atoms. The first kappa shape index (κ1) is 10.9. The molecule has 0 atom stereocenters. The van der Waals surface area contributed by atoms with Crippen LogP contribution in [-0.2, 0) is 11.3 Å².